The van der Waals surface area contributed by atoms with Crippen molar-refractivity contribution < 1.29 is 9.90 Å². The molecule has 27 heavy (non-hydrogen) atoms. The number of amides is 1. The van der Waals surface area contributed by atoms with Crippen LogP contribution in [0.25, 0.3) is 0 Å². The zero-order chi connectivity index (χ0) is 18.8. The number of hydrogen-bond acceptors (Lipinski definition) is 6. The number of rotatable bonds is 4. The largest absolute Gasteiger partial charge is 0.505 e. The van der Waals surface area contributed by atoms with Crippen LogP contribution in [0.2, 0.25) is 0 Å². The number of carbonyl (C=O) groups excluding carboxylic acids is 1. The number of nitrogens with zero attached hydrogens (tertiary/aromatic N) is 7. The molecule has 0 bridgehead atoms. The van der Waals surface area contributed by atoms with Gasteiger partial charge in [-0.2, -0.15) is 0 Å². The highest BCUT2D eigenvalue weighted by atomic mass is 16.3. The van der Waals surface area contributed by atoms with E-state index < -0.39 is 0 Å². The molecule has 0 aliphatic carbocycles. The standard InChI is InChI=1S/C18H21N7O2/c1-23-15(11-24-9-7-19-12-24)21-22-17(23)13-4-3-8-25(10-13)18(27)16-14(26)5-2-6-20-16/h2,5-7,9,12-13,26H,3-4,8,10-11H2,1H3/t13-/m0/s1. The molecule has 1 aliphatic rings. The smallest absolute Gasteiger partial charge is 0.276 e. The van der Waals surface area contributed by atoms with Gasteiger partial charge in [0, 0.05) is 44.6 Å². The second-order valence-corrected chi connectivity index (χ2v) is 6.73. The Morgan fingerprint density at radius 3 is 3.00 bits per heavy atom. The first-order valence-corrected chi connectivity index (χ1v) is 8.90. The predicted molar refractivity (Wildman–Crippen MR) is 96.1 cm³/mol. The van der Waals surface area contributed by atoms with Crippen molar-refractivity contribution in [2.24, 2.45) is 7.05 Å². The first kappa shape index (κ1) is 17.2. The zero-order valence-corrected chi connectivity index (χ0v) is 15.1. The van der Waals surface area contributed by atoms with Gasteiger partial charge in [-0.25, -0.2) is 9.97 Å². The zero-order valence-electron chi connectivity index (χ0n) is 15.1. The number of aromatic hydroxyl groups is 1. The summed E-state index contributed by atoms with van der Waals surface area (Å²) in [6.45, 7) is 1.78. The number of piperidine rings is 1. The van der Waals surface area contributed by atoms with Crippen molar-refractivity contribution in [3.63, 3.8) is 0 Å². The number of imidazole rings is 1. The van der Waals surface area contributed by atoms with E-state index in [1.54, 1.807) is 23.5 Å². The monoisotopic (exact) mass is 367 g/mol. The van der Waals surface area contributed by atoms with Gasteiger partial charge >= 0.3 is 0 Å². The Balaban J connectivity index is 1.51. The van der Waals surface area contributed by atoms with Gasteiger partial charge in [0.2, 0.25) is 0 Å². The highest BCUT2D eigenvalue weighted by Gasteiger charge is 2.30. The Hall–Kier alpha value is -3.23. The second-order valence-electron chi connectivity index (χ2n) is 6.73. The summed E-state index contributed by atoms with van der Waals surface area (Å²) in [6.07, 6.45) is 8.68. The van der Waals surface area contributed by atoms with Crippen molar-refractivity contribution >= 4 is 5.91 Å². The van der Waals surface area contributed by atoms with Crippen molar-refractivity contribution in [1.29, 1.82) is 0 Å². The van der Waals surface area contributed by atoms with E-state index in [1.165, 1.54) is 12.3 Å². The predicted octanol–water partition coefficient (Wildman–Crippen LogP) is 1.18. The lowest BCUT2D eigenvalue weighted by Gasteiger charge is -2.32. The fourth-order valence-electron chi connectivity index (χ4n) is 3.50. The van der Waals surface area contributed by atoms with Gasteiger partial charge in [0.1, 0.15) is 11.6 Å². The van der Waals surface area contributed by atoms with Crippen LogP contribution in [0.1, 0.15) is 40.9 Å². The molecule has 1 amide bonds. The first-order chi connectivity index (χ1) is 13.1. The normalized spacial score (nSPS) is 17.2. The van der Waals surface area contributed by atoms with E-state index in [2.05, 4.69) is 20.2 Å². The van der Waals surface area contributed by atoms with E-state index in [9.17, 15) is 9.90 Å². The van der Waals surface area contributed by atoms with Crippen LogP contribution >= 0.6 is 0 Å². The molecule has 4 heterocycles. The van der Waals surface area contributed by atoms with Crippen LogP contribution < -0.4 is 0 Å². The molecule has 0 unspecified atom stereocenters. The van der Waals surface area contributed by atoms with E-state index in [4.69, 9.17) is 0 Å². The topological polar surface area (TPSA) is 102 Å². The molecular weight excluding hydrogens is 346 g/mol. The van der Waals surface area contributed by atoms with Gasteiger partial charge in [-0.3, -0.25) is 4.79 Å². The van der Waals surface area contributed by atoms with Gasteiger partial charge in [0.25, 0.3) is 5.91 Å². The SMILES string of the molecule is Cn1c(Cn2ccnc2)nnc1[C@H]1CCCN(C(=O)c2ncccc2O)C1. The maximum Gasteiger partial charge on any atom is 0.276 e. The number of hydrogen-bond donors (Lipinski definition) is 1. The minimum atomic E-state index is -0.251. The molecule has 0 aromatic carbocycles. The summed E-state index contributed by atoms with van der Waals surface area (Å²) >= 11 is 0. The number of likely N-dealkylation sites (tertiary alicyclic amines) is 1. The summed E-state index contributed by atoms with van der Waals surface area (Å²) < 4.78 is 3.94. The Morgan fingerprint density at radius 1 is 1.33 bits per heavy atom. The third kappa shape index (κ3) is 3.40. The van der Waals surface area contributed by atoms with E-state index in [1.807, 2.05) is 22.4 Å². The quantitative estimate of drug-likeness (QED) is 0.743. The molecular formula is C18H21N7O2. The summed E-state index contributed by atoms with van der Waals surface area (Å²) in [4.78, 5) is 22.6. The van der Waals surface area contributed by atoms with Gasteiger partial charge in [-0.1, -0.05) is 0 Å². The molecule has 0 saturated carbocycles. The highest BCUT2D eigenvalue weighted by Crippen LogP contribution is 2.27. The minimum Gasteiger partial charge on any atom is -0.505 e. The van der Waals surface area contributed by atoms with Crippen LogP contribution in [0.15, 0.2) is 37.1 Å². The van der Waals surface area contributed by atoms with Gasteiger partial charge < -0.3 is 19.1 Å². The maximum atomic E-state index is 12.7. The van der Waals surface area contributed by atoms with Gasteiger partial charge in [-0.05, 0) is 25.0 Å². The molecule has 140 valence electrons. The van der Waals surface area contributed by atoms with Gasteiger partial charge in [0.05, 0.1) is 12.9 Å². The molecule has 4 rings (SSSR count). The average Bonchev–Trinajstić information content (AvgIpc) is 3.32. The summed E-state index contributed by atoms with van der Waals surface area (Å²) in [7, 11) is 1.95. The van der Waals surface area contributed by atoms with Crippen molar-refractivity contribution in [1.82, 2.24) is 34.2 Å². The van der Waals surface area contributed by atoms with Crippen LogP contribution in [0.3, 0.4) is 0 Å². The summed E-state index contributed by atoms with van der Waals surface area (Å²) in [5, 5.41) is 18.6. The van der Waals surface area contributed by atoms with Crippen molar-refractivity contribution in [3.8, 4) is 5.75 Å². The molecule has 3 aromatic rings. The molecule has 0 radical (unpaired) electrons. The Kier molecular flexibility index (Phi) is 4.57. The van der Waals surface area contributed by atoms with E-state index in [0.29, 0.717) is 19.6 Å². The maximum absolute atomic E-state index is 12.7. The molecule has 9 heteroatoms. The Labute approximate surface area is 156 Å². The van der Waals surface area contributed by atoms with Gasteiger partial charge in [0.15, 0.2) is 11.5 Å². The summed E-state index contributed by atoms with van der Waals surface area (Å²) in [6, 6.07) is 3.08. The Morgan fingerprint density at radius 2 is 2.22 bits per heavy atom. The fraction of sp³-hybridized carbons (Fsp3) is 0.389. The highest BCUT2D eigenvalue weighted by molar-refractivity contribution is 5.94. The van der Waals surface area contributed by atoms with Crippen molar-refractivity contribution in [2.75, 3.05) is 13.1 Å². The average molecular weight is 367 g/mol. The lowest BCUT2D eigenvalue weighted by molar-refractivity contribution is 0.0694. The lowest BCUT2D eigenvalue weighted by atomic mass is 9.96. The van der Waals surface area contributed by atoms with Crippen LogP contribution in [0.5, 0.6) is 5.75 Å². The van der Waals surface area contributed by atoms with E-state index >= 15 is 0 Å². The molecule has 0 spiro atoms. The minimum absolute atomic E-state index is 0.0918. The van der Waals surface area contributed by atoms with Crippen LogP contribution in [0.4, 0.5) is 0 Å². The third-order valence-electron chi connectivity index (χ3n) is 4.94. The molecule has 1 saturated heterocycles. The Bertz CT molecular complexity index is 935. The van der Waals surface area contributed by atoms with Crippen LogP contribution in [-0.4, -0.2) is 58.3 Å². The van der Waals surface area contributed by atoms with Crippen molar-refractivity contribution in [3.05, 3.63) is 54.4 Å². The molecule has 9 nitrogen and oxygen atoms in total. The second kappa shape index (κ2) is 7.18. The molecule has 1 aliphatic heterocycles. The summed E-state index contributed by atoms with van der Waals surface area (Å²) in [5.74, 6) is 1.47. The number of pyridine rings is 1. The van der Waals surface area contributed by atoms with E-state index in [-0.39, 0.29) is 23.3 Å². The molecule has 1 N–H and O–H groups in total. The van der Waals surface area contributed by atoms with Crippen molar-refractivity contribution in [2.45, 2.75) is 25.3 Å². The third-order valence-corrected chi connectivity index (χ3v) is 4.94. The first-order valence-electron chi connectivity index (χ1n) is 8.90. The van der Waals surface area contributed by atoms with Crippen LogP contribution in [-0.2, 0) is 13.6 Å². The summed E-state index contributed by atoms with van der Waals surface area (Å²) in [5.41, 5.74) is 0.0944. The van der Waals surface area contributed by atoms with Crippen LogP contribution in [0, 0.1) is 0 Å². The fourth-order valence-corrected chi connectivity index (χ4v) is 3.50. The lowest BCUT2D eigenvalue weighted by Crippen LogP contribution is -2.40. The molecule has 3 aromatic heterocycles. The molecule has 1 atom stereocenters. The van der Waals surface area contributed by atoms with Gasteiger partial charge in [-0.15, -0.1) is 10.2 Å². The number of aromatic nitrogens is 6. The molecule has 1 fully saturated rings. The number of carbonyl (C=O) groups is 1. The van der Waals surface area contributed by atoms with E-state index in [0.717, 1.165) is 24.5 Å².